The molecule has 3 aliphatic heterocycles. The molecule has 3 saturated heterocycles. The van der Waals surface area contributed by atoms with Gasteiger partial charge in [-0.15, -0.1) is 0 Å². The molecular formula is C29H44N4O4S. The van der Waals surface area contributed by atoms with Crippen LogP contribution in [0.2, 0.25) is 0 Å². The first-order valence-corrected chi connectivity index (χ1v) is 15.4. The topological polar surface area (TPSA) is 83.5 Å². The highest BCUT2D eigenvalue weighted by atomic mass is 32.2. The SMILES string of the molecule is CSC(=O)/N=C(\NC(=O)OC(C)(C)C)N1CCCCC1CCOc1ccc(C2CCC3CCCCN32)cc1. The average molecular weight is 545 g/mol. The number of piperidine rings is 2. The van der Waals surface area contributed by atoms with Crippen LogP contribution in [-0.2, 0) is 4.74 Å². The summed E-state index contributed by atoms with van der Waals surface area (Å²) in [6, 6.07) is 10.1. The van der Waals surface area contributed by atoms with Crippen molar-refractivity contribution in [2.24, 2.45) is 4.99 Å². The summed E-state index contributed by atoms with van der Waals surface area (Å²) >= 11 is 1.02. The molecule has 0 aliphatic carbocycles. The standard InChI is InChI=1S/C29H44N4O4S/c1-29(2,3)37-27(34)30-26(31-28(35)38-4)33-19-8-6-10-23(33)17-20-36-24-14-11-21(12-15-24)25-16-13-22-9-5-7-18-32(22)25/h11-12,14-15,22-23,25H,5-10,13,16-20H2,1-4H3,(H,30,31,34,35). The summed E-state index contributed by atoms with van der Waals surface area (Å²) in [4.78, 5) is 33.6. The van der Waals surface area contributed by atoms with Crippen molar-refractivity contribution in [1.82, 2.24) is 15.1 Å². The van der Waals surface area contributed by atoms with Gasteiger partial charge < -0.3 is 14.4 Å². The number of nitrogens with one attached hydrogen (secondary N) is 1. The van der Waals surface area contributed by atoms with Crippen molar-refractivity contribution in [2.75, 3.05) is 26.0 Å². The Bertz CT molecular complexity index is 978. The number of carbonyl (C=O) groups is 2. The molecule has 210 valence electrons. The number of carbonyl (C=O) groups excluding carboxylic acids is 2. The molecule has 8 nitrogen and oxygen atoms in total. The number of nitrogens with zero attached hydrogens (tertiary/aromatic N) is 3. The number of rotatable bonds is 5. The fourth-order valence-electron chi connectivity index (χ4n) is 5.99. The number of aliphatic imine (C=N–C) groups is 1. The van der Waals surface area contributed by atoms with Crippen LogP contribution in [0.25, 0.3) is 0 Å². The summed E-state index contributed by atoms with van der Waals surface area (Å²) < 4.78 is 11.6. The van der Waals surface area contributed by atoms with Crippen molar-refractivity contribution < 1.29 is 19.1 Å². The Kier molecular flexibility index (Phi) is 9.98. The smallest absolute Gasteiger partial charge is 0.414 e. The minimum Gasteiger partial charge on any atom is -0.494 e. The highest BCUT2D eigenvalue weighted by Gasteiger charge is 2.35. The lowest BCUT2D eigenvalue weighted by Crippen LogP contribution is -2.52. The number of hydrogen-bond donors (Lipinski definition) is 1. The number of thioether (sulfide) groups is 1. The van der Waals surface area contributed by atoms with E-state index in [0.717, 1.165) is 49.2 Å². The third-order valence-electron chi connectivity index (χ3n) is 7.71. The lowest BCUT2D eigenvalue weighted by molar-refractivity contribution is 0.0551. The van der Waals surface area contributed by atoms with Crippen LogP contribution in [-0.4, -0.2) is 70.7 Å². The molecule has 3 atom stereocenters. The quantitative estimate of drug-likeness (QED) is 0.341. The number of likely N-dealkylation sites (tertiary alicyclic amines) is 1. The van der Waals surface area contributed by atoms with Gasteiger partial charge in [0.25, 0.3) is 0 Å². The maximum atomic E-state index is 12.5. The van der Waals surface area contributed by atoms with Crippen LogP contribution in [0.4, 0.5) is 9.59 Å². The molecule has 0 radical (unpaired) electrons. The Labute approximate surface area is 231 Å². The second kappa shape index (κ2) is 13.2. The van der Waals surface area contributed by atoms with Gasteiger partial charge in [-0.2, -0.15) is 4.99 Å². The molecule has 2 amide bonds. The zero-order chi connectivity index (χ0) is 27.1. The van der Waals surface area contributed by atoms with Crippen molar-refractivity contribution in [3.8, 4) is 5.75 Å². The van der Waals surface area contributed by atoms with Gasteiger partial charge in [0, 0.05) is 31.1 Å². The van der Waals surface area contributed by atoms with Gasteiger partial charge in [-0.1, -0.05) is 30.3 Å². The Balaban J connectivity index is 1.34. The molecule has 1 aromatic carbocycles. The molecule has 1 aromatic rings. The fourth-order valence-corrected chi connectivity index (χ4v) is 6.16. The van der Waals surface area contributed by atoms with Crippen molar-refractivity contribution in [3.63, 3.8) is 0 Å². The number of amides is 2. The molecule has 4 rings (SSSR count). The lowest BCUT2D eigenvalue weighted by atomic mass is 10.00. The Morgan fingerprint density at radius 1 is 1.03 bits per heavy atom. The maximum absolute atomic E-state index is 12.5. The summed E-state index contributed by atoms with van der Waals surface area (Å²) in [6.45, 7) is 7.91. The summed E-state index contributed by atoms with van der Waals surface area (Å²) in [5.41, 5.74) is 0.754. The molecule has 3 aliphatic rings. The van der Waals surface area contributed by atoms with E-state index in [1.54, 1.807) is 6.26 Å². The Morgan fingerprint density at radius 3 is 2.50 bits per heavy atom. The highest BCUT2D eigenvalue weighted by Crippen LogP contribution is 2.40. The predicted molar refractivity (Wildman–Crippen MR) is 153 cm³/mol. The third kappa shape index (κ3) is 7.88. The number of alkyl carbamates (subject to hydrolysis) is 1. The van der Waals surface area contributed by atoms with Crippen LogP contribution in [0.15, 0.2) is 29.3 Å². The second-order valence-corrected chi connectivity index (χ2v) is 12.3. The first-order chi connectivity index (χ1) is 18.2. The van der Waals surface area contributed by atoms with Crippen LogP contribution in [0.1, 0.15) is 90.2 Å². The van der Waals surface area contributed by atoms with Crippen LogP contribution >= 0.6 is 11.8 Å². The van der Waals surface area contributed by atoms with Gasteiger partial charge in [0.1, 0.15) is 11.4 Å². The zero-order valence-electron chi connectivity index (χ0n) is 23.4. The minimum absolute atomic E-state index is 0.112. The maximum Gasteiger partial charge on any atom is 0.414 e. The van der Waals surface area contributed by atoms with Gasteiger partial charge in [-0.05, 0) is 96.2 Å². The number of hydrogen-bond acceptors (Lipinski definition) is 6. The zero-order valence-corrected chi connectivity index (χ0v) is 24.2. The van der Waals surface area contributed by atoms with E-state index in [1.165, 1.54) is 44.2 Å². The van der Waals surface area contributed by atoms with E-state index < -0.39 is 11.7 Å². The first kappa shape index (κ1) is 28.7. The van der Waals surface area contributed by atoms with Crippen LogP contribution in [0, 0.1) is 0 Å². The first-order valence-electron chi connectivity index (χ1n) is 14.2. The summed E-state index contributed by atoms with van der Waals surface area (Å²) in [5.74, 6) is 1.14. The number of benzene rings is 1. The molecule has 3 fully saturated rings. The fraction of sp³-hybridized carbons (Fsp3) is 0.690. The molecule has 3 heterocycles. The second-order valence-electron chi connectivity index (χ2n) is 11.6. The number of guanidine groups is 1. The summed E-state index contributed by atoms with van der Waals surface area (Å²) in [7, 11) is 0. The van der Waals surface area contributed by atoms with Crippen molar-refractivity contribution in [1.29, 1.82) is 0 Å². The normalized spacial score (nSPS) is 24.6. The van der Waals surface area contributed by atoms with E-state index in [9.17, 15) is 9.59 Å². The molecular weight excluding hydrogens is 500 g/mol. The van der Waals surface area contributed by atoms with Crippen LogP contribution in [0.3, 0.4) is 0 Å². The third-order valence-corrected chi connectivity index (χ3v) is 8.16. The van der Waals surface area contributed by atoms with Gasteiger partial charge in [-0.25, -0.2) is 4.79 Å². The van der Waals surface area contributed by atoms with Crippen molar-refractivity contribution in [3.05, 3.63) is 29.8 Å². The van der Waals surface area contributed by atoms with Crippen LogP contribution < -0.4 is 10.1 Å². The highest BCUT2D eigenvalue weighted by molar-refractivity contribution is 8.13. The molecule has 3 unspecified atom stereocenters. The van der Waals surface area contributed by atoms with E-state index >= 15 is 0 Å². The number of ether oxygens (including phenoxy) is 2. The molecule has 38 heavy (non-hydrogen) atoms. The molecule has 1 N–H and O–H groups in total. The predicted octanol–water partition coefficient (Wildman–Crippen LogP) is 6.36. The van der Waals surface area contributed by atoms with Gasteiger partial charge >= 0.3 is 11.3 Å². The number of fused-ring (bicyclic) bond motifs is 1. The summed E-state index contributed by atoms with van der Waals surface area (Å²) in [6.07, 6.45) is 11.5. The Hall–Kier alpha value is -2.26. The van der Waals surface area contributed by atoms with Gasteiger partial charge in [0.05, 0.1) is 6.61 Å². The van der Waals surface area contributed by atoms with Gasteiger partial charge in [0.15, 0.2) is 0 Å². The largest absolute Gasteiger partial charge is 0.494 e. The molecule has 0 bridgehead atoms. The van der Waals surface area contributed by atoms with Crippen LogP contribution in [0.5, 0.6) is 5.75 Å². The average Bonchev–Trinajstić information content (AvgIpc) is 3.32. The van der Waals surface area contributed by atoms with E-state index in [0.29, 0.717) is 19.2 Å². The molecule has 0 spiro atoms. The van der Waals surface area contributed by atoms with E-state index in [4.69, 9.17) is 9.47 Å². The minimum atomic E-state index is -0.642. The monoisotopic (exact) mass is 544 g/mol. The Morgan fingerprint density at radius 2 is 1.76 bits per heavy atom. The van der Waals surface area contributed by atoms with E-state index in [-0.39, 0.29) is 17.2 Å². The molecule has 9 heteroatoms. The van der Waals surface area contributed by atoms with Crippen molar-refractivity contribution in [2.45, 2.75) is 102 Å². The lowest BCUT2D eigenvalue weighted by Gasteiger charge is -2.37. The summed E-state index contributed by atoms with van der Waals surface area (Å²) in [5, 5.41) is 2.38. The molecule has 0 saturated carbocycles. The van der Waals surface area contributed by atoms with E-state index in [1.807, 2.05) is 25.7 Å². The van der Waals surface area contributed by atoms with E-state index in [2.05, 4.69) is 39.5 Å². The van der Waals surface area contributed by atoms with Crippen molar-refractivity contribution >= 4 is 29.1 Å². The molecule has 0 aromatic heterocycles. The van der Waals surface area contributed by atoms with Gasteiger partial charge in [0.2, 0.25) is 5.96 Å². The van der Waals surface area contributed by atoms with Gasteiger partial charge in [-0.3, -0.25) is 15.0 Å².